The van der Waals surface area contributed by atoms with Crippen LogP contribution in [0.2, 0.25) is 0 Å². The molecule has 10 nitrogen and oxygen atoms in total. The van der Waals surface area contributed by atoms with Crippen molar-refractivity contribution in [2.75, 3.05) is 47.5 Å². The van der Waals surface area contributed by atoms with E-state index in [1.165, 1.54) is 19.3 Å². The summed E-state index contributed by atoms with van der Waals surface area (Å²) >= 11 is 0. The number of quaternary nitrogens is 1. The van der Waals surface area contributed by atoms with Crippen molar-refractivity contribution in [3.05, 3.63) is 72.9 Å². The van der Waals surface area contributed by atoms with Crippen LogP contribution in [0.4, 0.5) is 0 Å². The fourth-order valence-corrected chi connectivity index (χ4v) is 5.95. The highest BCUT2D eigenvalue weighted by Gasteiger charge is 2.21. The maximum absolute atomic E-state index is 12.7. The summed E-state index contributed by atoms with van der Waals surface area (Å²) in [4.78, 5) is 49.2. The first-order valence-electron chi connectivity index (χ1n) is 21.6. The first kappa shape index (κ1) is 54.1. The molecule has 0 aliphatic carbocycles. The average molecular weight is 820 g/mol. The third kappa shape index (κ3) is 41.1. The van der Waals surface area contributed by atoms with Crippen molar-refractivity contribution in [2.24, 2.45) is 0 Å². The molecule has 326 valence electrons. The molecular weight excluding hydrogens is 741 g/mol. The van der Waals surface area contributed by atoms with Gasteiger partial charge in [0.05, 0.1) is 27.7 Å². The Morgan fingerprint density at radius 1 is 0.596 bits per heavy atom. The number of carbonyl (C=O) groups excluding carboxylic acids is 3. The fraction of sp³-hybridized carbons (Fsp3) is 0.674. The molecule has 0 bridgehead atoms. The van der Waals surface area contributed by atoms with E-state index >= 15 is 0 Å². The number of hydrogen-bond donors (Lipinski definition) is 0. The van der Waals surface area contributed by atoms with Gasteiger partial charge in [-0.2, -0.15) is 0 Å². The number of phosphoric ester groups is 1. The summed E-state index contributed by atoms with van der Waals surface area (Å²) in [6.45, 7) is 3.91. The minimum atomic E-state index is -4.66. The monoisotopic (exact) mass is 820 g/mol. The Hall–Kier alpha value is -2.88. The number of carbonyl (C=O) groups is 3. The Kier molecular flexibility index (Phi) is 35.5. The molecule has 0 N–H and O–H groups in total. The van der Waals surface area contributed by atoms with Crippen LogP contribution in [0.25, 0.3) is 0 Å². The summed E-state index contributed by atoms with van der Waals surface area (Å²) in [5.41, 5.74) is 0. The number of rotatable bonds is 38. The minimum absolute atomic E-state index is 0.0557. The van der Waals surface area contributed by atoms with Crippen molar-refractivity contribution < 1.29 is 46.8 Å². The lowest BCUT2D eigenvalue weighted by Crippen LogP contribution is -2.37. The molecule has 1 unspecified atom stereocenters. The van der Waals surface area contributed by atoms with Crippen LogP contribution >= 0.6 is 7.82 Å². The number of esters is 2. The largest absolute Gasteiger partial charge is 0.756 e. The molecule has 0 aromatic heterocycles. The van der Waals surface area contributed by atoms with Gasteiger partial charge in [-0.3, -0.25) is 18.9 Å². The Balaban J connectivity index is 4.55. The van der Waals surface area contributed by atoms with E-state index in [0.717, 1.165) is 77.0 Å². The summed E-state index contributed by atoms with van der Waals surface area (Å²) in [6, 6.07) is 0. The lowest BCUT2D eigenvalue weighted by molar-refractivity contribution is -0.870. The van der Waals surface area contributed by atoms with Crippen LogP contribution < -0.4 is 4.89 Å². The number of allylic oxidation sites excluding steroid dienone is 12. The molecule has 0 aliphatic heterocycles. The third-order valence-electron chi connectivity index (χ3n) is 8.68. The molecule has 57 heavy (non-hydrogen) atoms. The zero-order chi connectivity index (χ0) is 42.3. The summed E-state index contributed by atoms with van der Waals surface area (Å²) in [7, 11) is 1.08. The second kappa shape index (κ2) is 37.4. The topological polar surface area (TPSA) is 128 Å². The fourth-order valence-electron chi connectivity index (χ4n) is 5.22. The van der Waals surface area contributed by atoms with Crippen molar-refractivity contribution in [1.82, 2.24) is 0 Å². The van der Waals surface area contributed by atoms with Crippen molar-refractivity contribution in [1.29, 1.82) is 0 Å². The van der Waals surface area contributed by atoms with E-state index in [4.69, 9.17) is 18.5 Å². The molecule has 0 spiro atoms. The molecule has 0 saturated heterocycles. The standard InChI is InChI=1S/C46H78NO9P/c1-6-8-10-11-12-13-14-15-16-17-20-24-27-30-34-38-46(50)56-44(42-55-57(51,52)54-40-39-47(3,4)5)41-53-45(49)37-33-29-26-23-21-18-19-22-25-28-32-36-43(48)35-31-9-7-2/h12-13,15-16,18-19,23,25-26,28,32,36,44H,6-11,14,17,20-22,24,27,29-31,33-35,37-42H2,1-5H3/b13-12-,16-15-,19-18-,26-23-,28-25-,36-32+/t44-/m1/s1. The maximum Gasteiger partial charge on any atom is 0.306 e. The van der Waals surface area contributed by atoms with Crippen LogP contribution in [0.5, 0.6) is 0 Å². The molecule has 0 aromatic rings. The zero-order valence-electron chi connectivity index (χ0n) is 36.3. The van der Waals surface area contributed by atoms with Crippen molar-refractivity contribution >= 4 is 25.5 Å². The predicted molar refractivity (Wildman–Crippen MR) is 231 cm³/mol. The van der Waals surface area contributed by atoms with Crippen LogP contribution in [0.3, 0.4) is 0 Å². The lowest BCUT2D eigenvalue weighted by Gasteiger charge is -2.28. The van der Waals surface area contributed by atoms with Crippen molar-refractivity contribution in [3.63, 3.8) is 0 Å². The van der Waals surface area contributed by atoms with Gasteiger partial charge >= 0.3 is 11.9 Å². The van der Waals surface area contributed by atoms with E-state index in [2.05, 4.69) is 50.3 Å². The highest BCUT2D eigenvalue weighted by atomic mass is 31.2. The van der Waals surface area contributed by atoms with Crippen LogP contribution in [0, 0.1) is 0 Å². The Morgan fingerprint density at radius 3 is 1.77 bits per heavy atom. The highest BCUT2D eigenvalue weighted by Crippen LogP contribution is 2.38. The Morgan fingerprint density at radius 2 is 1.12 bits per heavy atom. The molecule has 0 saturated carbocycles. The van der Waals surface area contributed by atoms with Crippen molar-refractivity contribution in [3.8, 4) is 0 Å². The molecule has 0 heterocycles. The zero-order valence-corrected chi connectivity index (χ0v) is 37.1. The summed E-state index contributed by atoms with van der Waals surface area (Å²) < 4.78 is 33.7. The number of nitrogens with zero attached hydrogens (tertiary/aromatic N) is 1. The molecule has 0 radical (unpaired) electrons. The quantitative estimate of drug-likeness (QED) is 0.0114. The number of likely N-dealkylation sites (N-methyl/N-ethyl adjacent to an activating group) is 1. The Bertz CT molecular complexity index is 1260. The molecule has 11 heteroatoms. The number of unbranched alkanes of at least 4 members (excludes halogenated alkanes) is 11. The molecular formula is C46H78NO9P. The van der Waals surface area contributed by atoms with Gasteiger partial charge in [0.25, 0.3) is 7.82 Å². The van der Waals surface area contributed by atoms with Gasteiger partial charge in [0.1, 0.15) is 19.8 Å². The SMILES string of the molecule is CCCCC/C=C\C/C=C\CCCCCCCC(=O)O[C@H](COC(=O)CCC/C=C\C/C=C\C/C=C\C=C\C(=O)CCCCC)COP(=O)([O-])OCC[N+](C)(C)C. The average Bonchev–Trinajstić information content (AvgIpc) is 3.15. The summed E-state index contributed by atoms with van der Waals surface area (Å²) in [6.07, 6.45) is 42.0. The number of ketones is 1. The number of hydrogen-bond acceptors (Lipinski definition) is 9. The highest BCUT2D eigenvalue weighted by molar-refractivity contribution is 7.45. The van der Waals surface area contributed by atoms with Gasteiger partial charge in [-0.1, -0.05) is 126 Å². The lowest BCUT2D eigenvalue weighted by atomic mass is 10.1. The Labute approximate surface area is 346 Å². The first-order chi connectivity index (χ1) is 27.4. The van der Waals surface area contributed by atoms with Gasteiger partial charge in [-0.05, 0) is 76.7 Å². The van der Waals surface area contributed by atoms with Gasteiger partial charge in [-0.15, -0.1) is 0 Å². The predicted octanol–water partition coefficient (Wildman–Crippen LogP) is 10.8. The van der Waals surface area contributed by atoms with Gasteiger partial charge in [0.15, 0.2) is 11.9 Å². The summed E-state index contributed by atoms with van der Waals surface area (Å²) in [5.74, 6) is -0.791. The van der Waals surface area contributed by atoms with Crippen molar-refractivity contribution in [2.45, 2.75) is 155 Å². The smallest absolute Gasteiger partial charge is 0.306 e. The second-order valence-corrected chi connectivity index (χ2v) is 16.8. The first-order valence-corrected chi connectivity index (χ1v) is 23.1. The van der Waals surface area contributed by atoms with E-state index in [0.29, 0.717) is 36.7 Å². The normalized spacial score (nSPS) is 14.2. The third-order valence-corrected chi connectivity index (χ3v) is 9.64. The summed E-state index contributed by atoms with van der Waals surface area (Å²) in [5, 5.41) is 0. The molecule has 0 aromatic carbocycles. The molecule has 0 fully saturated rings. The molecule has 0 rings (SSSR count). The van der Waals surface area contributed by atoms with E-state index in [1.54, 1.807) is 12.2 Å². The van der Waals surface area contributed by atoms with Gasteiger partial charge < -0.3 is 27.9 Å². The van der Waals surface area contributed by atoms with Crippen LogP contribution in [-0.4, -0.2) is 75.8 Å². The van der Waals surface area contributed by atoms with Gasteiger partial charge in [-0.25, -0.2) is 0 Å². The van der Waals surface area contributed by atoms with Crippen LogP contribution in [0.1, 0.15) is 149 Å². The van der Waals surface area contributed by atoms with E-state index < -0.39 is 32.5 Å². The minimum Gasteiger partial charge on any atom is -0.756 e. The molecule has 2 atom stereocenters. The molecule has 0 aliphatic rings. The number of ether oxygens (including phenoxy) is 2. The second-order valence-electron chi connectivity index (χ2n) is 15.4. The maximum atomic E-state index is 12.7. The number of phosphoric acid groups is 1. The van der Waals surface area contributed by atoms with Crippen LogP contribution in [0.15, 0.2) is 72.9 Å². The van der Waals surface area contributed by atoms with E-state index in [9.17, 15) is 23.8 Å². The molecule has 0 amide bonds. The van der Waals surface area contributed by atoms with E-state index in [-0.39, 0.29) is 31.8 Å². The van der Waals surface area contributed by atoms with E-state index in [1.807, 2.05) is 45.4 Å². The van der Waals surface area contributed by atoms with Crippen LogP contribution in [-0.2, 0) is 37.5 Å². The van der Waals surface area contributed by atoms with Gasteiger partial charge in [0, 0.05) is 19.3 Å². The van der Waals surface area contributed by atoms with Gasteiger partial charge in [0.2, 0.25) is 0 Å².